The summed E-state index contributed by atoms with van der Waals surface area (Å²) in [6.45, 7) is 0. The first-order valence-corrected chi connectivity index (χ1v) is 16.0. The van der Waals surface area contributed by atoms with Gasteiger partial charge in [-0.25, -0.2) is 15.0 Å². The maximum absolute atomic E-state index is 6.38. The minimum Gasteiger partial charge on any atom is -0.456 e. The number of thiazole rings is 1. The van der Waals surface area contributed by atoms with E-state index in [-0.39, 0.29) is 0 Å². The molecule has 0 saturated carbocycles. The van der Waals surface area contributed by atoms with Crippen molar-refractivity contribution in [3.8, 4) is 55.6 Å². The molecule has 46 heavy (non-hydrogen) atoms. The van der Waals surface area contributed by atoms with Crippen LogP contribution in [0.25, 0.3) is 87.8 Å². The zero-order valence-electron chi connectivity index (χ0n) is 24.6. The van der Waals surface area contributed by atoms with Crippen LogP contribution in [0.3, 0.4) is 0 Å². The van der Waals surface area contributed by atoms with Crippen molar-refractivity contribution in [1.82, 2.24) is 15.0 Å². The smallest absolute Gasteiger partial charge is 0.161 e. The van der Waals surface area contributed by atoms with E-state index in [0.29, 0.717) is 5.82 Å². The van der Waals surface area contributed by atoms with Crippen molar-refractivity contribution >= 4 is 43.5 Å². The highest BCUT2D eigenvalue weighted by Gasteiger charge is 2.18. The summed E-state index contributed by atoms with van der Waals surface area (Å²) in [6.07, 6.45) is 0. The van der Waals surface area contributed by atoms with Crippen LogP contribution in [-0.4, -0.2) is 15.0 Å². The van der Waals surface area contributed by atoms with Gasteiger partial charge in [0.15, 0.2) is 5.82 Å². The lowest BCUT2D eigenvalue weighted by Gasteiger charge is -2.11. The van der Waals surface area contributed by atoms with Crippen LogP contribution in [-0.2, 0) is 0 Å². The molecule has 0 aliphatic rings. The van der Waals surface area contributed by atoms with Crippen molar-refractivity contribution in [2.75, 3.05) is 0 Å². The van der Waals surface area contributed by atoms with Crippen LogP contribution in [0.5, 0.6) is 0 Å². The van der Waals surface area contributed by atoms with Crippen LogP contribution in [0.15, 0.2) is 156 Å². The molecular formula is C41H25N3OS. The van der Waals surface area contributed by atoms with Gasteiger partial charge in [-0.3, -0.25) is 0 Å². The molecule has 3 aromatic heterocycles. The molecule has 0 N–H and O–H groups in total. The average Bonchev–Trinajstić information content (AvgIpc) is 3.74. The fourth-order valence-corrected chi connectivity index (χ4v) is 7.04. The summed E-state index contributed by atoms with van der Waals surface area (Å²) in [5.74, 6) is 0.655. The Morgan fingerprint density at radius 3 is 1.85 bits per heavy atom. The van der Waals surface area contributed by atoms with E-state index in [0.717, 1.165) is 66.1 Å². The molecule has 0 fully saturated rings. The van der Waals surface area contributed by atoms with Crippen LogP contribution in [0.2, 0.25) is 0 Å². The highest BCUT2D eigenvalue weighted by Crippen LogP contribution is 2.40. The Morgan fingerprint density at radius 2 is 1.09 bits per heavy atom. The van der Waals surface area contributed by atoms with E-state index in [1.165, 1.54) is 15.8 Å². The van der Waals surface area contributed by atoms with Gasteiger partial charge in [0.05, 0.1) is 21.6 Å². The predicted molar refractivity (Wildman–Crippen MR) is 190 cm³/mol. The second-order valence-electron chi connectivity index (χ2n) is 11.2. The molecule has 0 spiro atoms. The van der Waals surface area contributed by atoms with Crippen molar-refractivity contribution in [1.29, 1.82) is 0 Å². The first-order chi connectivity index (χ1) is 22.8. The standard InChI is InChI=1S/C41H25N3OS/c1-3-10-26(11-4-1)27-18-20-29(21-19-27)35-25-34(28-12-5-2-6-13-28)42-40(43-35)31-14-9-16-37-39(31)32-24-30(22-23-36(32)45-37)41-44-33-15-7-8-17-38(33)46-41/h1-25H. The van der Waals surface area contributed by atoms with E-state index < -0.39 is 0 Å². The summed E-state index contributed by atoms with van der Waals surface area (Å²) < 4.78 is 7.55. The SMILES string of the molecule is c1ccc(-c2ccc(-c3cc(-c4ccccc4)nc(-c4cccc5oc6ccc(-c7nc8ccccc8s7)cc6c45)n3)cc2)cc1. The average molecular weight is 608 g/mol. The Kier molecular flexibility index (Phi) is 6.28. The van der Waals surface area contributed by atoms with Crippen LogP contribution in [0.4, 0.5) is 0 Å². The molecule has 0 radical (unpaired) electrons. The summed E-state index contributed by atoms with van der Waals surface area (Å²) in [5, 5.41) is 3.00. The third kappa shape index (κ3) is 4.66. The van der Waals surface area contributed by atoms with Gasteiger partial charge in [-0.2, -0.15) is 0 Å². The predicted octanol–water partition coefficient (Wildman–Crippen LogP) is 11.3. The van der Waals surface area contributed by atoms with Crippen molar-refractivity contribution in [2.45, 2.75) is 0 Å². The Morgan fingerprint density at radius 1 is 0.457 bits per heavy atom. The largest absolute Gasteiger partial charge is 0.456 e. The van der Waals surface area contributed by atoms with Gasteiger partial charge in [0, 0.05) is 33.0 Å². The maximum atomic E-state index is 6.38. The van der Waals surface area contributed by atoms with Crippen molar-refractivity contribution in [3.63, 3.8) is 0 Å². The lowest BCUT2D eigenvalue weighted by molar-refractivity contribution is 0.669. The highest BCUT2D eigenvalue weighted by molar-refractivity contribution is 7.21. The summed E-state index contributed by atoms with van der Waals surface area (Å²) in [4.78, 5) is 15.2. The Bertz CT molecular complexity index is 2480. The zero-order valence-corrected chi connectivity index (χ0v) is 25.4. The van der Waals surface area contributed by atoms with E-state index >= 15 is 0 Å². The molecule has 4 nitrogen and oxygen atoms in total. The summed E-state index contributed by atoms with van der Waals surface area (Å²) in [5.41, 5.74) is 10.8. The third-order valence-corrected chi connectivity index (χ3v) is 9.45. The number of hydrogen-bond donors (Lipinski definition) is 0. The van der Waals surface area contributed by atoms with Gasteiger partial charge in [-0.05, 0) is 53.6 Å². The monoisotopic (exact) mass is 607 g/mol. The number of rotatable bonds is 5. The molecule has 6 aromatic carbocycles. The van der Waals surface area contributed by atoms with Crippen LogP contribution < -0.4 is 0 Å². The number of aromatic nitrogens is 3. The first kappa shape index (κ1) is 26.5. The van der Waals surface area contributed by atoms with Gasteiger partial charge < -0.3 is 4.42 Å². The third-order valence-electron chi connectivity index (χ3n) is 8.36. The van der Waals surface area contributed by atoms with E-state index in [9.17, 15) is 0 Å². The quantitative estimate of drug-likeness (QED) is 0.195. The molecule has 3 heterocycles. The number of nitrogens with zero attached hydrogens (tertiary/aromatic N) is 3. The second kappa shape index (κ2) is 10.9. The lowest BCUT2D eigenvalue weighted by Crippen LogP contribution is -1.96. The minimum absolute atomic E-state index is 0.655. The number of benzene rings is 6. The Hall–Kier alpha value is -5.91. The van der Waals surface area contributed by atoms with Crippen LogP contribution >= 0.6 is 11.3 Å². The van der Waals surface area contributed by atoms with Crippen molar-refractivity contribution < 1.29 is 4.42 Å². The second-order valence-corrected chi connectivity index (χ2v) is 12.3. The molecule has 0 atom stereocenters. The molecule has 9 aromatic rings. The van der Waals surface area contributed by atoms with E-state index in [1.807, 2.05) is 48.5 Å². The number of para-hydroxylation sites is 1. The first-order valence-electron chi connectivity index (χ1n) is 15.2. The van der Waals surface area contributed by atoms with Gasteiger partial charge in [-0.15, -0.1) is 11.3 Å². The summed E-state index contributed by atoms with van der Waals surface area (Å²) in [6, 6.07) is 52.1. The molecule has 0 saturated heterocycles. The molecular weight excluding hydrogens is 583 g/mol. The van der Waals surface area contributed by atoms with Gasteiger partial charge in [0.2, 0.25) is 0 Å². The van der Waals surface area contributed by atoms with Crippen LogP contribution in [0, 0.1) is 0 Å². The van der Waals surface area contributed by atoms with Gasteiger partial charge in [0.1, 0.15) is 16.2 Å². The molecule has 216 valence electrons. The maximum Gasteiger partial charge on any atom is 0.161 e. The number of furan rings is 1. The van der Waals surface area contributed by atoms with Crippen LogP contribution in [0.1, 0.15) is 0 Å². The van der Waals surface area contributed by atoms with Gasteiger partial charge in [-0.1, -0.05) is 109 Å². The fourth-order valence-electron chi connectivity index (χ4n) is 6.08. The van der Waals surface area contributed by atoms with Crippen molar-refractivity contribution in [2.24, 2.45) is 0 Å². The van der Waals surface area contributed by atoms with E-state index in [1.54, 1.807) is 11.3 Å². The Labute approximate surface area is 269 Å². The lowest BCUT2D eigenvalue weighted by atomic mass is 10.0. The van der Waals surface area contributed by atoms with E-state index in [2.05, 4.69) is 103 Å². The molecule has 0 amide bonds. The molecule has 5 heteroatoms. The van der Waals surface area contributed by atoms with Gasteiger partial charge >= 0.3 is 0 Å². The highest BCUT2D eigenvalue weighted by atomic mass is 32.1. The van der Waals surface area contributed by atoms with E-state index in [4.69, 9.17) is 19.4 Å². The Balaban J connectivity index is 1.22. The normalized spacial score (nSPS) is 11.5. The molecule has 9 rings (SSSR count). The van der Waals surface area contributed by atoms with Crippen molar-refractivity contribution in [3.05, 3.63) is 152 Å². The number of fused-ring (bicyclic) bond motifs is 4. The minimum atomic E-state index is 0.655. The molecule has 0 aliphatic carbocycles. The number of hydrogen-bond acceptors (Lipinski definition) is 5. The molecule has 0 unspecified atom stereocenters. The molecule has 0 bridgehead atoms. The van der Waals surface area contributed by atoms with Gasteiger partial charge in [0.25, 0.3) is 0 Å². The topological polar surface area (TPSA) is 51.8 Å². The zero-order chi connectivity index (χ0) is 30.5. The summed E-state index contributed by atoms with van der Waals surface area (Å²) >= 11 is 1.70. The molecule has 0 aliphatic heterocycles. The summed E-state index contributed by atoms with van der Waals surface area (Å²) in [7, 11) is 0. The fraction of sp³-hybridized carbons (Fsp3) is 0.